The third-order valence-electron chi connectivity index (χ3n) is 4.88. The van der Waals surface area contributed by atoms with Gasteiger partial charge in [-0.15, -0.1) is 0 Å². The van der Waals surface area contributed by atoms with Crippen molar-refractivity contribution < 1.29 is 14.3 Å². The minimum atomic E-state index is -0.339. The van der Waals surface area contributed by atoms with E-state index in [9.17, 15) is 9.90 Å². The molecule has 23 heavy (non-hydrogen) atoms. The van der Waals surface area contributed by atoms with E-state index in [4.69, 9.17) is 4.42 Å². The van der Waals surface area contributed by atoms with Gasteiger partial charge in [0, 0.05) is 18.5 Å². The zero-order valence-corrected chi connectivity index (χ0v) is 14.3. The molecule has 1 aliphatic rings. The van der Waals surface area contributed by atoms with Crippen molar-refractivity contribution in [1.82, 2.24) is 15.5 Å². The van der Waals surface area contributed by atoms with Gasteiger partial charge in [-0.1, -0.05) is 19.8 Å². The summed E-state index contributed by atoms with van der Waals surface area (Å²) in [6, 6.07) is 3.54. The monoisotopic (exact) mass is 323 g/mol. The number of furan rings is 1. The van der Waals surface area contributed by atoms with E-state index in [1.165, 1.54) is 0 Å². The van der Waals surface area contributed by atoms with E-state index >= 15 is 0 Å². The average Bonchev–Trinajstić information content (AvgIpc) is 3.02. The van der Waals surface area contributed by atoms with Crippen molar-refractivity contribution in [3.8, 4) is 0 Å². The molecule has 1 saturated carbocycles. The molecule has 0 spiro atoms. The van der Waals surface area contributed by atoms with E-state index in [-0.39, 0.29) is 23.6 Å². The zero-order valence-electron chi connectivity index (χ0n) is 14.3. The molecule has 0 aromatic carbocycles. The summed E-state index contributed by atoms with van der Waals surface area (Å²) in [6.45, 7) is 3.00. The summed E-state index contributed by atoms with van der Waals surface area (Å²) in [6.07, 6.45) is 5.24. The number of nitrogens with one attached hydrogen (secondary N) is 2. The quantitative estimate of drug-likeness (QED) is 0.749. The van der Waals surface area contributed by atoms with Crippen molar-refractivity contribution >= 4 is 6.03 Å². The third kappa shape index (κ3) is 4.72. The molecule has 3 atom stereocenters. The fourth-order valence-electron chi connectivity index (χ4n) is 3.14. The maximum atomic E-state index is 12.1. The Morgan fingerprint density at radius 2 is 2.26 bits per heavy atom. The van der Waals surface area contributed by atoms with Gasteiger partial charge in [0.2, 0.25) is 0 Å². The highest BCUT2D eigenvalue weighted by Gasteiger charge is 2.35. The number of aliphatic hydroxyl groups is 1. The maximum absolute atomic E-state index is 12.1. The van der Waals surface area contributed by atoms with Crippen molar-refractivity contribution in [2.75, 3.05) is 27.2 Å². The largest absolute Gasteiger partial charge is 0.468 e. The summed E-state index contributed by atoms with van der Waals surface area (Å²) in [7, 11) is 3.90. The summed E-state index contributed by atoms with van der Waals surface area (Å²) >= 11 is 0. The molecule has 3 unspecified atom stereocenters. The van der Waals surface area contributed by atoms with E-state index in [1.54, 1.807) is 6.26 Å². The summed E-state index contributed by atoms with van der Waals surface area (Å²) in [4.78, 5) is 14.1. The third-order valence-corrected chi connectivity index (χ3v) is 4.88. The number of carbonyl (C=O) groups excluding carboxylic acids is 1. The first-order valence-corrected chi connectivity index (χ1v) is 8.32. The highest BCUT2D eigenvalue weighted by molar-refractivity contribution is 5.73. The lowest BCUT2D eigenvalue weighted by molar-refractivity contribution is 0.00307. The number of hydrogen-bond donors (Lipinski definition) is 3. The fraction of sp³-hybridized carbons (Fsp3) is 0.706. The van der Waals surface area contributed by atoms with Crippen LogP contribution in [0.1, 0.15) is 44.4 Å². The molecule has 1 aliphatic carbocycles. The maximum Gasteiger partial charge on any atom is 0.314 e. The minimum absolute atomic E-state index is 0.00777. The van der Waals surface area contributed by atoms with E-state index in [1.807, 2.05) is 38.1 Å². The molecule has 2 rings (SSSR count). The first kappa shape index (κ1) is 17.8. The zero-order chi connectivity index (χ0) is 16.9. The Morgan fingerprint density at radius 3 is 2.87 bits per heavy atom. The van der Waals surface area contributed by atoms with Crippen molar-refractivity contribution in [3.05, 3.63) is 24.2 Å². The van der Waals surface area contributed by atoms with E-state index < -0.39 is 0 Å². The molecule has 0 aliphatic heterocycles. The van der Waals surface area contributed by atoms with Crippen molar-refractivity contribution in [3.63, 3.8) is 0 Å². The van der Waals surface area contributed by atoms with Gasteiger partial charge >= 0.3 is 6.03 Å². The fourth-order valence-corrected chi connectivity index (χ4v) is 3.14. The molecule has 1 aromatic rings. The molecule has 1 heterocycles. The summed E-state index contributed by atoms with van der Waals surface area (Å²) < 4.78 is 5.43. The predicted molar refractivity (Wildman–Crippen MR) is 89.1 cm³/mol. The molecular formula is C17H29N3O3. The molecule has 2 amide bonds. The summed E-state index contributed by atoms with van der Waals surface area (Å²) in [5.41, 5.74) is -0.225. The molecule has 0 radical (unpaired) electrons. The van der Waals surface area contributed by atoms with Crippen molar-refractivity contribution in [2.24, 2.45) is 5.41 Å². The number of rotatable bonds is 6. The van der Waals surface area contributed by atoms with Crippen LogP contribution in [-0.2, 0) is 0 Å². The normalized spacial score (nSPS) is 26.0. The topological polar surface area (TPSA) is 77.7 Å². The van der Waals surface area contributed by atoms with Crippen LogP contribution < -0.4 is 10.6 Å². The van der Waals surface area contributed by atoms with Crippen molar-refractivity contribution in [1.29, 1.82) is 0 Å². The van der Waals surface area contributed by atoms with Crippen LogP contribution in [0.3, 0.4) is 0 Å². The Hall–Kier alpha value is -1.53. The summed E-state index contributed by atoms with van der Waals surface area (Å²) in [5, 5.41) is 16.0. The Bertz CT molecular complexity index is 489. The molecule has 1 aromatic heterocycles. The van der Waals surface area contributed by atoms with Crippen LogP contribution in [0, 0.1) is 5.41 Å². The second kappa shape index (κ2) is 7.84. The summed E-state index contributed by atoms with van der Waals surface area (Å²) in [5.74, 6) is 0.824. The van der Waals surface area contributed by atoms with Gasteiger partial charge in [-0.05, 0) is 39.1 Å². The molecule has 0 bridgehead atoms. The van der Waals surface area contributed by atoms with E-state index in [0.29, 0.717) is 13.1 Å². The second-order valence-corrected chi connectivity index (χ2v) is 6.97. The molecule has 130 valence electrons. The van der Waals surface area contributed by atoms with Crippen LogP contribution >= 0.6 is 0 Å². The van der Waals surface area contributed by atoms with E-state index in [0.717, 1.165) is 31.4 Å². The van der Waals surface area contributed by atoms with Gasteiger partial charge < -0.3 is 20.2 Å². The molecular weight excluding hydrogens is 294 g/mol. The standard InChI is InChI=1S/C17H29N3O3/c1-17(9-5-4-8-15(17)21)12-19-16(22)18-11-13(20(2)3)14-7-6-10-23-14/h6-7,10,13,15,21H,4-5,8-9,11-12H2,1-3H3,(H2,18,19,22). The first-order valence-electron chi connectivity index (χ1n) is 8.32. The SMILES string of the molecule is CN(C)C(CNC(=O)NCC1(C)CCCCC1O)c1ccco1. The number of nitrogens with zero attached hydrogens (tertiary/aromatic N) is 1. The van der Waals surface area contributed by atoms with Crippen LogP contribution in [-0.4, -0.2) is 49.3 Å². The Kier molecular flexibility index (Phi) is 6.07. The predicted octanol–water partition coefficient (Wildman–Crippen LogP) is 2.12. The van der Waals surface area contributed by atoms with Crippen LogP contribution in [0.4, 0.5) is 4.79 Å². The average molecular weight is 323 g/mol. The van der Waals surface area contributed by atoms with Gasteiger partial charge in [0.1, 0.15) is 5.76 Å². The smallest absolute Gasteiger partial charge is 0.314 e. The Morgan fingerprint density at radius 1 is 1.48 bits per heavy atom. The van der Waals surface area contributed by atoms with Gasteiger partial charge in [-0.2, -0.15) is 0 Å². The second-order valence-electron chi connectivity index (χ2n) is 6.97. The van der Waals surface area contributed by atoms with Gasteiger partial charge in [0.15, 0.2) is 0 Å². The van der Waals surface area contributed by atoms with Gasteiger partial charge in [0.25, 0.3) is 0 Å². The Labute approximate surface area is 138 Å². The number of urea groups is 1. The van der Waals surface area contributed by atoms with Crippen molar-refractivity contribution in [2.45, 2.75) is 44.8 Å². The first-order chi connectivity index (χ1) is 10.9. The molecule has 0 saturated heterocycles. The Balaban J connectivity index is 1.80. The van der Waals surface area contributed by atoms with Gasteiger partial charge in [-0.3, -0.25) is 4.90 Å². The number of amides is 2. The number of aliphatic hydroxyl groups excluding tert-OH is 1. The number of likely N-dealkylation sites (N-methyl/N-ethyl adjacent to an activating group) is 1. The minimum Gasteiger partial charge on any atom is -0.468 e. The lowest BCUT2D eigenvalue weighted by Crippen LogP contribution is -2.48. The molecule has 3 N–H and O–H groups in total. The van der Waals surface area contributed by atoms with Crippen LogP contribution in [0.25, 0.3) is 0 Å². The van der Waals surface area contributed by atoms with Gasteiger partial charge in [0.05, 0.1) is 18.4 Å². The highest BCUT2D eigenvalue weighted by Crippen LogP contribution is 2.35. The lowest BCUT2D eigenvalue weighted by Gasteiger charge is -2.38. The van der Waals surface area contributed by atoms with E-state index in [2.05, 4.69) is 10.6 Å². The highest BCUT2D eigenvalue weighted by atomic mass is 16.3. The van der Waals surface area contributed by atoms with Gasteiger partial charge in [-0.25, -0.2) is 4.79 Å². The van der Waals surface area contributed by atoms with Crippen LogP contribution in [0.15, 0.2) is 22.8 Å². The van der Waals surface area contributed by atoms with Crippen LogP contribution in [0.2, 0.25) is 0 Å². The number of carbonyl (C=O) groups is 1. The van der Waals surface area contributed by atoms with Crippen LogP contribution in [0.5, 0.6) is 0 Å². The molecule has 1 fully saturated rings. The lowest BCUT2D eigenvalue weighted by atomic mass is 9.73. The molecule has 6 nitrogen and oxygen atoms in total. The number of hydrogen-bond acceptors (Lipinski definition) is 4. The molecule has 6 heteroatoms.